The molecule has 0 spiro atoms. The van der Waals surface area contributed by atoms with E-state index >= 15 is 0 Å². The number of nitrogens with one attached hydrogen (secondary N) is 2. The highest BCUT2D eigenvalue weighted by atomic mass is 19.1. The van der Waals surface area contributed by atoms with Gasteiger partial charge in [-0.25, -0.2) is 4.39 Å². The molecule has 1 aliphatic rings. The summed E-state index contributed by atoms with van der Waals surface area (Å²) in [4.78, 5) is 12.7. The van der Waals surface area contributed by atoms with Gasteiger partial charge in [0, 0.05) is 18.3 Å². The molecule has 3 rings (SSSR count). The van der Waals surface area contributed by atoms with E-state index in [4.69, 9.17) is 0 Å². The third kappa shape index (κ3) is 4.45. The van der Waals surface area contributed by atoms with Crippen molar-refractivity contribution in [2.24, 2.45) is 0 Å². The first kappa shape index (κ1) is 17.6. The van der Waals surface area contributed by atoms with Gasteiger partial charge in [0.05, 0.1) is 12.2 Å². The van der Waals surface area contributed by atoms with Gasteiger partial charge in [0.1, 0.15) is 11.9 Å². The minimum atomic E-state index is -0.518. The topological polar surface area (TPSA) is 59.0 Å². The Hall–Kier alpha value is -2.21. The van der Waals surface area contributed by atoms with Gasteiger partial charge in [0.2, 0.25) is 5.91 Å². The zero-order chi connectivity index (χ0) is 18.0. The molecule has 1 fully saturated rings. The van der Waals surface area contributed by atoms with Gasteiger partial charge in [-0.1, -0.05) is 12.1 Å². The fraction of sp³-hybridized carbons (Fsp3) is 0.474. The summed E-state index contributed by atoms with van der Waals surface area (Å²) in [5, 5.41) is 10.8. The second kappa shape index (κ2) is 7.35. The monoisotopic (exact) mass is 344 g/mol. The minimum absolute atomic E-state index is 0.000642. The minimum Gasteiger partial charge on any atom is -0.352 e. The average molecular weight is 344 g/mol. The van der Waals surface area contributed by atoms with E-state index in [2.05, 4.69) is 22.7 Å². The molecule has 2 N–H and O–H groups in total. The summed E-state index contributed by atoms with van der Waals surface area (Å²) < 4.78 is 15.1. The lowest BCUT2D eigenvalue weighted by atomic mass is 10.0. The Morgan fingerprint density at radius 3 is 2.52 bits per heavy atom. The molecule has 1 amide bonds. The standard InChI is InChI=1S/C19H25FN4O/c1-12-10-21-24(11-12)14(3)13(2)22-18(19(25)23-17-8-9-17)15-4-6-16(20)7-5-15/h4-7,10-11,13-14,17-18,22H,8-9H2,1-3H3,(H,23,25)/t13-,14-,18+/m1/s1. The average Bonchev–Trinajstić information content (AvgIpc) is 3.30. The fourth-order valence-electron chi connectivity index (χ4n) is 2.78. The van der Waals surface area contributed by atoms with E-state index in [0.29, 0.717) is 0 Å². The van der Waals surface area contributed by atoms with E-state index in [1.54, 1.807) is 12.1 Å². The number of hydrogen-bond donors (Lipinski definition) is 2. The summed E-state index contributed by atoms with van der Waals surface area (Å²) in [5.74, 6) is -0.372. The lowest BCUT2D eigenvalue weighted by Crippen LogP contribution is -2.44. The van der Waals surface area contributed by atoms with Crippen LogP contribution < -0.4 is 10.6 Å². The Bertz CT molecular complexity index is 723. The number of benzene rings is 1. The van der Waals surface area contributed by atoms with Crippen LogP contribution in [0.5, 0.6) is 0 Å². The van der Waals surface area contributed by atoms with Crippen molar-refractivity contribution in [2.75, 3.05) is 0 Å². The number of halogens is 1. The number of carbonyl (C=O) groups excluding carboxylic acids is 1. The zero-order valence-electron chi connectivity index (χ0n) is 14.9. The van der Waals surface area contributed by atoms with E-state index in [1.165, 1.54) is 12.1 Å². The first-order valence-electron chi connectivity index (χ1n) is 8.76. The Balaban J connectivity index is 1.75. The summed E-state index contributed by atoms with van der Waals surface area (Å²) >= 11 is 0. The van der Waals surface area contributed by atoms with Crippen molar-refractivity contribution in [3.8, 4) is 0 Å². The highest BCUT2D eigenvalue weighted by Crippen LogP contribution is 2.23. The number of aryl methyl sites for hydroxylation is 1. The lowest BCUT2D eigenvalue weighted by Gasteiger charge is -2.27. The van der Waals surface area contributed by atoms with Crippen LogP contribution in [0.3, 0.4) is 0 Å². The molecule has 0 saturated heterocycles. The molecule has 2 aromatic rings. The number of carbonyl (C=O) groups is 1. The molecule has 1 heterocycles. The van der Waals surface area contributed by atoms with Gasteiger partial charge >= 0.3 is 0 Å². The predicted octanol–water partition coefficient (Wildman–Crippen LogP) is 2.89. The maximum atomic E-state index is 13.3. The van der Waals surface area contributed by atoms with Crippen LogP contribution in [-0.2, 0) is 4.79 Å². The molecule has 0 bridgehead atoms. The van der Waals surface area contributed by atoms with Crippen molar-refractivity contribution in [3.05, 3.63) is 53.6 Å². The summed E-state index contributed by atoms with van der Waals surface area (Å²) in [6.07, 6.45) is 5.86. The van der Waals surface area contributed by atoms with Crippen molar-refractivity contribution in [1.82, 2.24) is 20.4 Å². The van der Waals surface area contributed by atoms with Crippen LogP contribution in [0, 0.1) is 12.7 Å². The summed E-state index contributed by atoms with van der Waals surface area (Å²) in [7, 11) is 0. The van der Waals surface area contributed by atoms with Crippen molar-refractivity contribution in [1.29, 1.82) is 0 Å². The second-order valence-electron chi connectivity index (χ2n) is 6.96. The molecule has 1 aliphatic carbocycles. The van der Waals surface area contributed by atoms with Crippen LogP contribution in [0.1, 0.15) is 49.9 Å². The molecule has 5 nitrogen and oxygen atoms in total. The fourth-order valence-corrected chi connectivity index (χ4v) is 2.78. The van der Waals surface area contributed by atoms with Gasteiger partial charge in [-0.3, -0.25) is 14.8 Å². The summed E-state index contributed by atoms with van der Waals surface area (Å²) in [6, 6.07) is 5.93. The number of nitrogens with zero attached hydrogens (tertiary/aromatic N) is 2. The van der Waals surface area contributed by atoms with Gasteiger partial charge in [-0.2, -0.15) is 5.10 Å². The molecule has 1 aromatic heterocycles. The van der Waals surface area contributed by atoms with E-state index in [9.17, 15) is 9.18 Å². The molecule has 0 unspecified atom stereocenters. The van der Waals surface area contributed by atoms with Crippen LogP contribution in [0.15, 0.2) is 36.7 Å². The van der Waals surface area contributed by atoms with Crippen LogP contribution >= 0.6 is 0 Å². The van der Waals surface area contributed by atoms with Crippen molar-refractivity contribution < 1.29 is 9.18 Å². The smallest absolute Gasteiger partial charge is 0.241 e. The van der Waals surface area contributed by atoms with E-state index < -0.39 is 6.04 Å². The highest BCUT2D eigenvalue weighted by Gasteiger charge is 2.30. The first-order chi connectivity index (χ1) is 11.9. The lowest BCUT2D eigenvalue weighted by molar-refractivity contribution is -0.123. The highest BCUT2D eigenvalue weighted by molar-refractivity contribution is 5.83. The van der Waals surface area contributed by atoms with Crippen molar-refractivity contribution in [2.45, 2.75) is 57.8 Å². The normalized spacial score (nSPS) is 17.8. The van der Waals surface area contributed by atoms with Crippen molar-refractivity contribution in [3.63, 3.8) is 0 Å². The largest absolute Gasteiger partial charge is 0.352 e. The van der Waals surface area contributed by atoms with Crippen LogP contribution in [0.4, 0.5) is 4.39 Å². The molecular weight excluding hydrogens is 319 g/mol. The number of rotatable bonds is 7. The quantitative estimate of drug-likeness (QED) is 0.812. The number of aromatic nitrogens is 2. The van der Waals surface area contributed by atoms with Crippen LogP contribution in [0.25, 0.3) is 0 Å². The van der Waals surface area contributed by atoms with E-state index in [-0.39, 0.29) is 29.8 Å². The molecule has 134 valence electrons. The molecule has 6 heteroatoms. The molecule has 25 heavy (non-hydrogen) atoms. The van der Waals surface area contributed by atoms with Gasteiger partial charge in [0.15, 0.2) is 0 Å². The third-order valence-corrected chi connectivity index (χ3v) is 4.69. The Morgan fingerprint density at radius 2 is 1.96 bits per heavy atom. The third-order valence-electron chi connectivity index (χ3n) is 4.69. The summed E-state index contributed by atoms with van der Waals surface area (Å²) in [5.41, 5.74) is 1.86. The maximum absolute atomic E-state index is 13.3. The van der Waals surface area contributed by atoms with Crippen molar-refractivity contribution >= 4 is 5.91 Å². The molecule has 0 aliphatic heterocycles. The maximum Gasteiger partial charge on any atom is 0.241 e. The first-order valence-corrected chi connectivity index (χ1v) is 8.76. The Labute approximate surface area is 147 Å². The number of amides is 1. The number of hydrogen-bond acceptors (Lipinski definition) is 3. The summed E-state index contributed by atoms with van der Waals surface area (Å²) in [6.45, 7) is 6.09. The Morgan fingerprint density at radius 1 is 1.28 bits per heavy atom. The molecule has 1 aromatic carbocycles. The van der Waals surface area contributed by atoms with Gasteiger partial charge in [-0.15, -0.1) is 0 Å². The predicted molar refractivity (Wildman–Crippen MR) is 94.6 cm³/mol. The van der Waals surface area contributed by atoms with Crippen LogP contribution in [0.2, 0.25) is 0 Å². The molecule has 1 saturated carbocycles. The molecule has 3 atom stereocenters. The van der Waals surface area contributed by atoms with Crippen LogP contribution in [-0.4, -0.2) is 27.8 Å². The van der Waals surface area contributed by atoms with Gasteiger partial charge in [0.25, 0.3) is 0 Å². The SMILES string of the molecule is Cc1cnn([C@H](C)[C@@H](C)N[C@H](C(=O)NC2CC2)c2ccc(F)cc2)c1. The van der Waals surface area contributed by atoms with E-state index in [1.807, 2.05) is 30.9 Å². The van der Waals surface area contributed by atoms with Gasteiger partial charge in [-0.05, 0) is 56.9 Å². The second-order valence-corrected chi connectivity index (χ2v) is 6.96. The van der Waals surface area contributed by atoms with E-state index in [0.717, 1.165) is 24.0 Å². The zero-order valence-corrected chi connectivity index (χ0v) is 14.9. The van der Waals surface area contributed by atoms with Gasteiger partial charge < -0.3 is 5.32 Å². The Kier molecular flexibility index (Phi) is 5.18. The molecular formula is C19H25FN4O. The molecule has 0 radical (unpaired) electrons.